The number of ether oxygens (including phenoxy) is 2. The third kappa shape index (κ3) is 7.19. The average molecular weight is 447 g/mol. The lowest BCUT2D eigenvalue weighted by Gasteiger charge is -2.36. The Kier molecular flexibility index (Phi) is 9.27. The standard InChI is InChI=1S/C23H38N6O3/c1-3-32-23(30)29-13-9-19(10-14-29)26-22(24)25-11-4-12-27-15-17-28(18-16-27)20-5-7-21(31-2)8-6-20/h5-8,19H,3-4,9-18H2,1-2H3,(H3,24,25,26). The first-order valence-corrected chi connectivity index (χ1v) is 11.7. The quantitative estimate of drug-likeness (QED) is 0.357. The van der Waals surface area contributed by atoms with E-state index in [0.717, 1.165) is 64.3 Å². The van der Waals surface area contributed by atoms with Gasteiger partial charge >= 0.3 is 6.09 Å². The molecular formula is C23H38N6O3. The molecule has 3 N–H and O–H groups in total. The fourth-order valence-electron chi connectivity index (χ4n) is 4.19. The molecule has 0 bridgehead atoms. The van der Waals surface area contributed by atoms with Gasteiger partial charge in [-0.1, -0.05) is 0 Å². The highest BCUT2D eigenvalue weighted by atomic mass is 16.6. The van der Waals surface area contributed by atoms with Crippen molar-refractivity contribution in [2.45, 2.75) is 32.2 Å². The fraction of sp³-hybridized carbons (Fsp3) is 0.652. The van der Waals surface area contributed by atoms with Gasteiger partial charge in [0.15, 0.2) is 5.96 Å². The number of piperazine rings is 1. The number of likely N-dealkylation sites (tertiary alicyclic amines) is 1. The van der Waals surface area contributed by atoms with E-state index in [1.807, 2.05) is 19.1 Å². The first-order valence-electron chi connectivity index (χ1n) is 11.7. The number of piperidine rings is 1. The van der Waals surface area contributed by atoms with E-state index in [0.29, 0.717) is 25.7 Å². The molecule has 1 aromatic carbocycles. The molecule has 0 saturated carbocycles. The van der Waals surface area contributed by atoms with Crippen LogP contribution in [-0.4, -0.2) is 94.0 Å². The highest BCUT2D eigenvalue weighted by Gasteiger charge is 2.23. The molecule has 3 rings (SSSR count). The zero-order chi connectivity index (χ0) is 22.8. The Hall–Kier alpha value is -2.68. The summed E-state index contributed by atoms with van der Waals surface area (Å²) >= 11 is 0. The smallest absolute Gasteiger partial charge is 0.409 e. The molecule has 1 amide bonds. The van der Waals surface area contributed by atoms with E-state index in [1.165, 1.54) is 5.69 Å². The molecule has 0 unspecified atom stereocenters. The van der Waals surface area contributed by atoms with Crippen molar-refractivity contribution in [3.8, 4) is 5.75 Å². The molecule has 2 fully saturated rings. The molecule has 0 aromatic heterocycles. The summed E-state index contributed by atoms with van der Waals surface area (Å²) < 4.78 is 10.3. The van der Waals surface area contributed by atoms with Crippen LogP contribution in [-0.2, 0) is 4.74 Å². The lowest BCUT2D eigenvalue weighted by Crippen LogP contribution is -2.48. The van der Waals surface area contributed by atoms with Crippen LogP contribution in [0.3, 0.4) is 0 Å². The van der Waals surface area contributed by atoms with Crippen LogP contribution in [0.2, 0.25) is 0 Å². The van der Waals surface area contributed by atoms with Crippen LogP contribution in [0.15, 0.2) is 29.3 Å². The molecule has 2 heterocycles. The van der Waals surface area contributed by atoms with Gasteiger partial charge in [-0.05, 0) is 50.5 Å². The maximum atomic E-state index is 11.8. The van der Waals surface area contributed by atoms with Gasteiger partial charge in [0.1, 0.15) is 5.75 Å². The topological polar surface area (TPSA) is 95.7 Å². The molecule has 0 spiro atoms. The number of methoxy groups -OCH3 is 1. The highest BCUT2D eigenvalue weighted by Crippen LogP contribution is 2.20. The van der Waals surface area contributed by atoms with Gasteiger partial charge in [-0.2, -0.15) is 0 Å². The number of guanidine groups is 1. The van der Waals surface area contributed by atoms with Gasteiger partial charge in [-0.25, -0.2) is 4.79 Å². The van der Waals surface area contributed by atoms with Crippen LogP contribution in [0.5, 0.6) is 5.75 Å². The Morgan fingerprint density at radius 1 is 1.12 bits per heavy atom. The lowest BCUT2D eigenvalue weighted by molar-refractivity contribution is 0.0963. The largest absolute Gasteiger partial charge is 0.497 e. The van der Waals surface area contributed by atoms with Gasteiger partial charge in [0.25, 0.3) is 0 Å². The predicted octanol–water partition coefficient (Wildman–Crippen LogP) is 1.73. The Morgan fingerprint density at radius 2 is 1.81 bits per heavy atom. The molecule has 2 saturated heterocycles. The molecule has 0 aliphatic carbocycles. The molecule has 32 heavy (non-hydrogen) atoms. The minimum atomic E-state index is -0.225. The zero-order valence-electron chi connectivity index (χ0n) is 19.5. The predicted molar refractivity (Wildman–Crippen MR) is 128 cm³/mol. The van der Waals surface area contributed by atoms with Crippen molar-refractivity contribution in [1.82, 2.24) is 15.1 Å². The summed E-state index contributed by atoms with van der Waals surface area (Å²) in [5.41, 5.74) is 7.33. The summed E-state index contributed by atoms with van der Waals surface area (Å²) in [5, 5.41) is 3.30. The van der Waals surface area contributed by atoms with E-state index < -0.39 is 0 Å². The van der Waals surface area contributed by atoms with Gasteiger partial charge in [0.05, 0.1) is 13.7 Å². The lowest BCUT2D eigenvalue weighted by atomic mass is 10.1. The Bertz CT molecular complexity index is 726. The SMILES string of the molecule is CCOC(=O)N1CCC(NC(N)=NCCCN2CCN(c3ccc(OC)cc3)CC2)CC1. The second-order valence-electron chi connectivity index (χ2n) is 8.25. The first kappa shape index (κ1) is 24.0. The molecule has 0 atom stereocenters. The molecule has 0 radical (unpaired) electrons. The van der Waals surface area contributed by atoms with Gasteiger partial charge in [-0.3, -0.25) is 9.89 Å². The van der Waals surface area contributed by atoms with Gasteiger partial charge in [0.2, 0.25) is 0 Å². The van der Waals surface area contributed by atoms with Crippen LogP contribution in [0.4, 0.5) is 10.5 Å². The van der Waals surface area contributed by atoms with Crippen molar-refractivity contribution in [2.24, 2.45) is 10.7 Å². The second kappa shape index (κ2) is 12.4. The van der Waals surface area contributed by atoms with E-state index in [-0.39, 0.29) is 12.1 Å². The van der Waals surface area contributed by atoms with E-state index in [4.69, 9.17) is 15.2 Å². The molecule has 2 aliphatic rings. The van der Waals surface area contributed by atoms with Crippen molar-refractivity contribution in [3.63, 3.8) is 0 Å². The zero-order valence-corrected chi connectivity index (χ0v) is 19.5. The molecule has 1 aromatic rings. The highest BCUT2D eigenvalue weighted by molar-refractivity contribution is 5.78. The summed E-state index contributed by atoms with van der Waals surface area (Å²) in [6.45, 7) is 9.54. The number of carbonyl (C=O) groups is 1. The maximum absolute atomic E-state index is 11.8. The van der Waals surface area contributed by atoms with Gasteiger partial charge < -0.3 is 30.3 Å². The Labute approximate surface area is 191 Å². The van der Waals surface area contributed by atoms with E-state index in [2.05, 4.69) is 32.2 Å². The average Bonchev–Trinajstić information content (AvgIpc) is 2.83. The number of nitrogens with zero attached hydrogens (tertiary/aromatic N) is 4. The Morgan fingerprint density at radius 3 is 2.44 bits per heavy atom. The molecule has 2 aliphatic heterocycles. The van der Waals surface area contributed by atoms with Crippen LogP contribution >= 0.6 is 0 Å². The minimum absolute atomic E-state index is 0.225. The summed E-state index contributed by atoms with van der Waals surface area (Å²) in [6, 6.07) is 8.54. The van der Waals surface area contributed by atoms with Crippen molar-refractivity contribution < 1.29 is 14.3 Å². The minimum Gasteiger partial charge on any atom is -0.497 e. The fourth-order valence-corrected chi connectivity index (χ4v) is 4.19. The monoisotopic (exact) mass is 446 g/mol. The van der Waals surface area contributed by atoms with Crippen LogP contribution in [0.1, 0.15) is 26.2 Å². The number of nitrogens with two attached hydrogens (primary N) is 1. The number of rotatable bonds is 8. The number of amides is 1. The van der Waals surface area contributed by atoms with Crippen molar-refractivity contribution in [3.05, 3.63) is 24.3 Å². The summed E-state index contributed by atoms with van der Waals surface area (Å²) in [7, 11) is 1.69. The number of hydrogen-bond acceptors (Lipinski definition) is 6. The summed E-state index contributed by atoms with van der Waals surface area (Å²) in [6.07, 6.45) is 2.48. The third-order valence-corrected chi connectivity index (χ3v) is 6.10. The van der Waals surface area contributed by atoms with Crippen LogP contribution in [0.25, 0.3) is 0 Å². The number of aliphatic imine (C=N–C) groups is 1. The molecule has 178 valence electrons. The van der Waals surface area contributed by atoms with E-state index >= 15 is 0 Å². The second-order valence-corrected chi connectivity index (χ2v) is 8.25. The number of hydrogen-bond donors (Lipinski definition) is 2. The first-order chi connectivity index (χ1) is 15.6. The summed E-state index contributed by atoms with van der Waals surface area (Å²) in [4.78, 5) is 22.9. The molecule has 9 heteroatoms. The van der Waals surface area contributed by atoms with Crippen molar-refractivity contribution >= 4 is 17.7 Å². The van der Waals surface area contributed by atoms with Gasteiger partial charge in [0, 0.05) is 64.1 Å². The summed E-state index contributed by atoms with van der Waals surface area (Å²) in [5.74, 6) is 1.40. The normalized spacial score (nSPS) is 18.5. The van der Waals surface area contributed by atoms with E-state index in [1.54, 1.807) is 12.0 Å². The van der Waals surface area contributed by atoms with Crippen molar-refractivity contribution in [2.75, 3.05) is 71.0 Å². The number of anilines is 1. The van der Waals surface area contributed by atoms with Crippen LogP contribution in [0, 0.1) is 0 Å². The third-order valence-electron chi connectivity index (χ3n) is 6.10. The molecular weight excluding hydrogens is 408 g/mol. The number of nitrogens with one attached hydrogen (secondary N) is 1. The number of carbonyl (C=O) groups excluding carboxylic acids is 1. The van der Waals surface area contributed by atoms with Gasteiger partial charge in [-0.15, -0.1) is 0 Å². The van der Waals surface area contributed by atoms with Crippen molar-refractivity contribution in [1.29, 1.82) is 0 Å². The molecule has 9 nitrogen and oxygen atoms in total. The Balaban J connectivity index is 1.28. The maximum Gasteiger partial charge on any atom is 0.409 e. The van der Waals surface area contributed by atoms with Crippen LogP contribution < -0.4 is 20.7 Å². The van der Waals surface area contributed by atoms with E-state index in [9.17, 15) is 4.79 Å². The number of benzene rings is 1.